The van der Waals surface area contributed by atoms with Crippen molar-refractivity contribution in [3.8, 4) is 0 Å². The molecule has 1 fully saturated rings. The smallest absolute Gasteiger partial charge is 0.273 e. The van der Waals surface area contributed by atoms with Gasteiger partial charge in [0.2, 0.25) is 0 Å². The quantitative estimate of drug-likeness (QED) is 0.826. The van der Waals surface area contributed by atoms with Gasteiger partial charge < -0.3 is 9.84 Å². The van der Waals surface area contributed by atoms with Crippen molar-refractivity contribution < 1.29 is 9.32 Å². The average Bonchev–Trinajstić information content (AvgIpc) is 2.84. The summed E-state index contributed by atoms with van der Waals surface area (Å²) >= 11 is 6.00. The Balaban J connectivity index is 1.80. The van der Waals surface area contributed by atoms with Gasteiger partial charge in [-0.25, -0.2) is 0 Å². The topological polar surface area (TPSA) is 55.1 Å². The maximum Gasteiger partial charge on any atom is 0.273 e. The summed E-state index contributed by atoms with van der Waals surface area (Å²) in [7, 11) is 0. The van der Waals surface area contributed by atoms with Crippen molar-refractivity contribution in [3.05, 3.63) is 17.5 Å². The van der Waals surface area contributed by atoms with Gasteiger partial charge in [-0.05, 0) is 32.1 Å². The molecule has 1 saturated carbocycles. The zero-order valence-corrected chi connectivity index (χ0v) is 9.96. The monoisotopic (exact) mass is 242 g/mol. The maximum atomic E-state index is 11.6. The molecule has 88 valence electrons. The van der Waals surface area contributed by atoms with Crippen LogP contribution in [-0.2, 0) is 0 Å². The third-order valence-electron chi connectivity index (χ3n) is 2.89. The van der Waals surface area contributed by atoms with Crippen LogP contribution in [0.25, 0.3) is 0 Å². The van der Waals surface area contributed by atoms with E-state index in [0.717, 1.165) is 19.3 Å². The molecule has 0 spiro atoms. The summed E-state index contributed by atoms with van der Waals surface area (Å²) in [6.07, 6.45) is 3.12. The fraction of sp³-hybridized carbons (Fsp3) is 0.636. The third-order valence-corrected chi connectivity index (χ3v) is 3.29. The van der Waals surface area contributed by atoms with Crippen LogP contribution < -0.4 is 5.32 Å². The van der Waals surface area contributed by atoms with Crippen molar-refractivity contribution in [2.24, 2.45) is 5.92 Å². The lowest BCUT2D eigenvalue weighted by molar-refractivity contribution is 0.0938. The molecule has 1 aliphatic carbocycles. The Morgan fingerprint density at radius 3 is 3.06 bits per heavy atom. The van der Waals surface area contributed by atoms with E-state index < -0.39 is 0 Å². The summed E-state index contributed by atoms with van der Waals surface area (Å²) in [6, 6.07) is 1.63. The fourth-order valence-electron chi connectivity index (χ4n) is 2.00. The number of aromatic nitrogens is 1. The lowest BCUT2D eigenvalue weighted by Crippen LogP contribution is -2.28. The first-order valence-electron chi connectivity index (χ1n) is 5.50. The molecular weight excluding hydrogens is 228 g/mol. The van der Waals surface area contributed by atoms with E-state index in [0.29, 0.717) is 23.9 Å². The molecule has 0 bridgehead atoms. The van der Waals surface area contributed by atoms with Gasteiger partial charge in [-0.15, -0.1) is 11.6 Å². The molecule has 0 radical (unpaired) electrons. The predicted molar refractivity (Wildman–Crippen MR) is 60.6 cm³/mol. The number of nitrogens with zero attached hydrogens (tertiary/aromatic N) is 1. The minimum atomic E-state index is -0.171. The van der Waals surface area contributed by atoms with E-state index in [1.54, 1.807) is 13.0 Å². The summed E-state index contributed by atoms with van der Waals surface area (Å²) in [5.74, 6) is 0.973. The SMILES string of the molecule is Cc1cc(C(=O)NCC2CCC(Cl)C2)no1. The van der Waals surface area contributed by atoms with Gasteiger partial charge in [0.25, 0.3) is 5.91 Å². The van der Waals surface area contributed by atoms with Crippen LogP contribution in [0.5, 0.6) is 0 Å². The van der Waals surface area contributed by atoms with Crippen molar-refractivity contribution in [1.82, 2.24) is 10.5 Å². The molecule has 0 aromatic carbocycles. The number of carbonyl (C=O) groups excluding carboxylic acids is 1. The number of halogens is 1. The minimum Gasteiger partial charge on any atom is -0.361 e. The van der Waals surface area contributed by atoms with E-state index in [-0.39, 0.29) is 11.3 Å². The van der Waals surface area contributed by atoms with Gasteiger partial charge in [0.05, 0.1) is 0 Å². The first-order valence-corrected chi connectivity index (χ1v) is 5.94. The maximum absolute atomic E-state index is 11.6. The number of hydrogen-bond acceptors (Lipinski definition) is 3. The molecule has 0 aliphatic heterocycles. The Morgan fingerprint density at radius 2 is 2.50 bits per heavy atom. The van der Waals surface area contributed by atoms with Crippen LogP contribution in [0.2, 0.25) is 0 Å². The molecule has 1 N–H and O–H groups in total. The van der Waals surface area contributed by atoms with E-state index in [2.05, 4.69) is 10.5 Å². The number of nitrogens with one attached hydrogen (secondary N) is 1. The summed E-state index contributed by atoms with van der Waals surface area (Å²) in [5, 5.41) is 6.79. The molecule has 16 heavy (non-hydrogen) atoms. The highest BCUT2D eigenvalue weighted by Gasteiger charge is 2.23. The van der Waals surface area contributed by atoms with Crippen LogP contribution in [0.4, 0.5) is 0 Å². The van der Waals surface area contributed by atoms with Gasteiger partial charge in [0.1, 0.15) is 5.76 Å². The number of carbonyl (C=O) groups is 1. The highest BCUT2D eigenvalue weighted by molar-refractivity contribution is 6.20. The van der Waals surface area contributed by atoms with Gasteiger partial charge in [0, 0.05) is 18.0 Å². The Kier molecular flexibility index (Phi) is 3.49. The van der Waals surface area contributed by atoms with E-state index in [9.17, 15) is 4.79 Å². The zero-order valence-electron chi connectivity index (χ0n) is 9.20. The van der Waals surface area contributed by atoms with Crippen LogP contribution in [0, 0.1) is 12.8 Å². The second-order valence-corrected chi connectivity index (χ2v) is 4.93. The number of aryl methyl sites for hydroxylation is 1. The number of alkyl halides is 1. The molecule has 5 heteroatoms. The zero-order chi connectivity index (χ0) is 11.5. The molecular formula is C11H15ClN2O2. The van der Waals surface area contributed by atoms with Crippen molar-refractivity contribution in [2.75, 3.05) is 6.54 Å². The Labute approximate surface area is 99.3 Å². The normalized spacial score (nSPS) is 24.6. The van der Waals surface area contributed by atoms with Gasteiger partial charge in [0.15, 0.2) is 5.69 Å². The van der Waals surface area contributed by atoms with Crippen molar-refractivity contribution in [2.45, 2.75) is 31.6 Å². The largest absolute Gasteiger partial charge is 0.361 e. The van der Waals surface area contributed by atoms with Crippen molar-refractivity contribution >= 4 is 17.5 Å². The molecule has 2 atom stereocenters. The van der Waals surface area contributed by atoms with Crippen molar-refractivity contribution in [3.63, 3.8) is 0 Å². The number of rotatable bonds is 3. The van der Waals surface area contributed by atoms with Gasteiger partial charge in [-0.2, -0.15) is 0 Å². The highest BCUT2D eigenvalue weighted by Crippen LogP contribution is 2.28. The first kappa shape index (κ1) is 11.5. The fourth-order valence-corrected chi connectivity index (χ4v) is 2.38. The summed E-state index contributed by atoms with van der Waals surface area (Å²) in [6.45, 7) is 2.44. The van der Waals surface area contributed by atoms with Crippen LogP contribution in [0.1, 0.15) is 35.5 Å². The second-order valence-electron chi connectivity index (χ2n) is 4.31. The van der Waals surface area contributed by atoms with Crippen LogP contribution in [0.3, 0.4) is 0 Å². The molecule has 0 saturated heterocycles. The molecule has 1 aromatic rings. The lowest BCUT2D eigenvalue weighted by atomic mass is 10.1. The molecule has 4 nitrogen and oxygen atoms in total. The molecule has 2 unspecified atom stereocenters. The van der Waals surface area contributed by atoms with Gasteiger partial charge in [-0.3, -0.25) is 4.79 Å². The number of hydrogen-bond donors (Lipinski definition) is 1. The Bertz CT molecular complexity index is 378. The van der Waals surface area contributed by atoms with Crippen molar-refractivity contribution in [1.29, 1.82) is 0 Å². The molecule has 2 rings (SSSR count). The average molecular weight is 243 g/mol. The van der Waals surface area contributed by atoms with Crippen LogP contribution in [-0.4, -0.2) is 23.0 Å². The van der Waals surface area contributed by atoms with E-state index >= 15 is 0 Å². The number of amides is 1. The Hall–Kier alpha value is -1.03. The summed E-state index contributed by atoms with van der Waals surface area (Å²) in [4.78, 5) is 11.6. The standard InChI is InChI=1S/C11H15ClN2O2/c1-7-4-10(14-16-7)11(15)13-6-8-2-3-9(12)5-8/h4,8-9H,2-3,5-6H2,1H3,(H,13,15). The third kappa shape index (κ3) is 2.76. The minimum absolute atomic E-state index is 0.171. The van der Waals surface area contributed by atoms with Crippen LogP contribution in [0.15, 0.2) is 10.6 Å². The van der Waals surface area contributed by atoms with E-state index in [4.69, 9.17) is 16.1 Å². The lowest BCUT2D eigenvalue weighted by Gasteiger charge is -2.09. The van der Waals surface area contributed by atoms with E-state index in [1.807, 2.05) is 0 Å². The Morgan fingerprint density at radius 1 is 1.69 bits per heavy atom. The predicted octanol–water partition coefficient (Wildman–Crippen LogP) is 2.12. The second kappa shape index (κ2) is 4.87. The highest BCUT2D eigenvalue weighted by atomic mass is 35.5. The van der Waals surface area contributed by atoms with Crippen LogP contribution >= 0.6 is 11.6 Å². The molecule has 1 amide bonds. The molecule has 1 heterocycles. The van der Waals surface area contributed by atoms with Gasteiger partial charge in [-0.1, -0.05) is 5.16 Å². The summed E-state index contributed by atoms with van der Waals surface area (Å²) in [5.41, 5.74) is 0.345. The van der Waals surface area contributed by atoms with Gasteiger partial charge >= 0.3 is 0 Å². The summed E-state index contributed by atoms with van der Waals surface area (Å²) < 4.78 is 4.84. The molecule has 1 aliphatic rings. The molecule has 1 aromatic heterocycles. The van der Waals surface area contributed by atoms with E-state index in [1.165, 1.54) is 0 Å². The first-order chi connectivity index (χ1) is 7.65.